The van der Waals surface area contributed by atoms with E-state index in [1.165, 1.54) is 0 Å². The van der Waals surface area contributed by atoms with Crippen LogP contribution in [0.15, 0.2) is 5.10 Å². The minimum Gasteiger partial charge on any atom is -0.388 e. The molecule has 0 unspecified atom stereocenters. The summed E-state index contributed by atoms with van der Waals surface area (Å²) in [5.41, 5.74) is 7.39. The molecule has 0 amide bonds. The third kappa shape index (κ3) is 0.787. The lowest BCUT2D eigenvalue weighted by atomic mass is 10.7. The predicted octanol–water partition coefficient (Wildman–Crippen LogP) is -2.10. The topological polar surface area (TPSA) is 68.7 Å². The van der Waals surface area contributed by atoms with E-state index in [-0.39, 0.29) is 6.61 Å². The maximum Gasteiger partial charge on any atom is 0.165 e. The Kier molecular flexibility index (Phi) is 1.10. The lowest BCUT2D eigenvalue weighted by Gasteiger charge is -1.90. The van der Waals surface area contributed by atoms with E-state index < -0.39 is 0 Å². The van der Waals surface area contributed by atoms with Gasteiger partial charge in [0.25, 0.3) is 0 Å². The normalized spacial score (nSPS) is 17.6. The molecule has 0 aromatic rings. The van der Waals surface area contributed by atoms with E-state index >= 15 is 0 Å². The van der Waals surface area contributed by atoms with Crippen LogP contribution in [0.25, 0.3) is 0 Å². The van der Waals surface area contributed by atoms with Crippen molar-refractivity contribution in [1.82, 2.24) is 16.5 Å². The van der Waals surface area contributed by atoms with Gasteiger partial charge in [0.15, 0.2) is 5.84 Å². The van der Waals surface area contributed by atoms with Crippen LogP contribution in [-0.4, -0.2) is 17.5 Å². The number of hydrogen-bond donors (Lipinski definition) is 4. The molecule has 0 atom stereocenters. The molecule has 40 valence electrons. The molecule has 1 aliphatic rings. The molecule has 1 aliphatic heterocycles. The zero-order valence-corrected chi connectivity index (χ0v) is 3.60. The summed E-state index contributed by atoms with van der Waals surface area (Å²) in [6.45, 7) is -0.0694. The molecule has 4 N–H and O–H groups in total. The van der Waals surface area contributed by atoms with E-state index in [0.717, 1.165) is 0 Å². The number of hydrazine groups is 2. The molecule has 0 radical (unpaired) electrons. The Bertz CT molecular complexity index is 89.7. The minimum atomic E-state index is -0.0694. The molecule has 5 heteroatoms. The van der Waals surface area contributed by atoms with Gasteiger partial charge in [0.05, 0.1) is 0 Å². The number of aliphatic hydroxyl groups is 1. The van der Waals surface area contributed by atoms with Crippen LogP contribution in [0.3, 0.4) is 0 Å². The van der Waals surface area contributed by atoms with Gasteiger partial charge in [-0.05, 0) is 0 Å². The highest BCUT2D eigenvalue weighted by Gasteiger charge is 1.98. The van der Waals surface area contributed by atoms with Crippen molar-refractivity contribution in [1.29, 1.82) is 0 Å². The number of aliphatic hydroxyl groups excluding tert-OH is 1. The zero-order valence-electron chi connectivity index (χ0n) is 3.60. The van der Waals surface area contributed by atoms with Crippen molar-refractivity contribution in [2.45, 2.75) is 0 Å². The molecule has 0 aliphatic carbocycles. The van der Waals surface area contributed by atoms with Crippen LogP contribution in [0.2, 0.25) is 0 Å². The van der Waals surface area contributed by atoms with E-state index in [9.17, 15) is 0 Å². The van der Waals surface area contributed by atoms with Gasteiger partial charge in [-0.15, -0.1) is 10.6 Å². The summed E-state index contributed by atoms with van der Waals surface area (Å²) < 4.78 is 0. The van der Waals surface area contributed by atoms with Gasteiger partial charge in [0, 0.05) is 0 Å². The van der Waals surface area contributed by atoms with Crippen LogP contribution in [0.5, 0.6) is 0 Å². The summed E-state index contributed by atoms with van der Waals surface area (Å²) in [6, 6.07) is 0. The highest BCUT2D eigenvalue weighted by molar-refractivity contribution is 5.83. The van der Waals surface area contributed by atoms with Gasteiger partial charge < -0.3 is 5.11 Å². The molecule has 7 heavy (non-hydrogen) atoms. The monoisotopic (exact) mass is 102 g/mol. The Morgan fingerprint density at radius 3 is 2.86 bits per heavy atom. The minimum absolute atomic E-state index is 0.0694. The van der Waals surface area contributed by atoms with Crippen molar-refractivity contribution in [3.05, 3.63) is 0 Å². The molecule has 0 spiro atoms. The first-order valence-electron chi connectivity index (χ1n) is 1.87. The number of hydrogen-bond acceptors (Lipinski definition) is 5. The molecule has 0 aromatic carbocycles. The van der Waals surface area contributed by atoms with Gasteiger partial charge in [0.1, 0.15) is 6.61 Å². The fourth-order valence-corrected chi connectivity index (χ4v) is 0.298. The third-order valence-electron chi connectivity index (χ3n) is 0.603. The average molecular weight is 102 g/mol. The second-order valence-corrected chi connectivity index (χ2v) is 1.08. The van der Waals surface area contributed by atoms with Gasteiger partial charge in [-0.2, -0.15) is 0 Å². The van der Waals surface area contributed by atoms with Gasteiger partial charge in [-0.25, -0.2) is 5.53 Å². The van der Waals surface area contributed by atoms with Crippen molar-refractivity contribution in [2.24, 2.45) is 5.10 Å². The van der Waals surface area contributed by atoms with Crippen LogP contribution in [0.4, 0.5) is 0 Å². The quantitative estimate of drug-likeness (QED) is 0.306. The number of nitrogens with one attached hydrogen (secondary N) is 3. The highest BCUT2D eigenvalue weighted by atomic mass is 16.3. The molecular formula is C2H6N4O. The van der Waals surface area contributed by atoms with Crippen molar-refractivity contribution < 1.29 is 5.11 Å². The first kappa shape index (κ1) is 4.35. The first-order valence-corrected chi connectivity index (χ1v) is 1.87. The van der Waals surface area contributed by atoms with E-state index in [1.807, 2.05) is 0 Å². The fraction of sp³-hybridized carbons (Fsp3) is 0.500. The molecule has 0 saturated carbocycles. The second-order valence-electron chi connectivity index (χ2n) is 1.08. The van der Waals surface area contributed by atoms with Crippen molar-refractivity contribution >= 4 is 5.84 Å². The third-order valence-corrected chi connectivity index (χ3v) is 0.603. The summed E-state index contributed by atoms with van der Waals surface area (Å²) in [4.78, 5) is 0. The van der Waals surface area contributed by atoms with Gasteiger partial charge in [-0.3, -0.25) is 5.43 Å². The Balaban J connectivity index is 2.36. The van der Waals surface area contributed by atoms with E-state index in [4.69, 9.17) is 5.11 Å². The fourth-order valence-electron chi connectivity index (χ4n) is 0.298. The molecule has 5 nitrogen and oxygen atoms in total. The van der Waals surface area contributed by atoms with E-state index in [1.54, 1.807) is 0 Å². The maximum absolute atomic E-state index is 8.29. The maximum atomic E-state index is 8.29. The summed E-state index contributed by atoms with van der Waals surface area (Å²) >= 11 is 0. The zero-order chi connectivity index (χ0) is 5.11. The van der Waals surface area contributed by atoms with Crippen LogP contribution >= 0.6 is 0 Å². The summed E-state index contributed by atoms with van der Waals surface area (Å²) in [7, 11) is 0. The van der Waals surface area contributed by atoms with E-state index in [2.05, 4.69) is 21.6 Å². The summed E-state index contributed by atoms with van der Waals surface area (Å²) in [6.07, 6.45) is 0. The van der Waals surface area contributed by atoms with Gasteiger partial charge in [-0.1, -0.05) is 0 Å². The van der Waals surface area contributed by atoms with Crippen molar-refractivity contribution in [3.8, 4) is 0 Å². The SMILES string of the molecule is OCC1=NNNN1. The highest BCUT2D eigenvalue weighted by Crippen LogP contribution is 1.68. The summed E-state index contributed by atoms with van der Waals surface area (Å²) in [5.74, 6) is 0.500. The van der Waals surface area contributed by atoms with Crippen LogP contribution < -0.4 is 16.5 Å². The second kappa shape index (κ2) is 1.76. The largest absolute Gasteiger partial charge is 0.388 e. The Hall–Kier alpha value is -0.810. The number of hydrazone groups is 1. The number of rotatable bonds is 1. The molecule has 1 rings (SSSR count). The number of nitrogens with zero attached hydrogens (tertiary/aromatic N) is 1. The Labute approximate surface area is 40.3 Å². The number of amidine groups is 1. The van der Waals surface area contributed by atoms with Crippen LogP contribution in [0, 0.1) is 0 Å². The van der Waals surface area contributed by atoms with Crippen LogP contribution in [0.1, 0.15) is 0 Å². The Morgan fingerprint density at radius 2 is 2.57 bits per heavy atom. The van der Waals surface area contributed by atoms with Crippen molar-refractivity contribution in [2.75, 3.05) is 6.61 Å². The predicted molar refractivity (Wildman–Crippen MR) is 23.9 cm³/mol. The molecule has 1 heterocycles. The summed E-state index contributed by atoms with van der Waals surface area (Å²) in [5, 5.41) is 11.8. The smallest absolute Gasteiger partial charge is 0.165 e. The van der Waals surface area contributed by atoms with Crippen LogP contribution in [-0.2, 0) is 0 Å². The first-order chi connectivity index (χ1) is 3.43. The standard InChI is InChI=1S/C2H6N4O/c7-1-2-3-5-6-4-2/h5-7H,1H2,(H,3,4). The average Bonchev–Trinajstić information content (AvgIpc) is 2.14. The lowest BCUT2D eigenvalue weighted by Crippen LogP contribution is -2.36. The molecule has 0 saturated heterocycles. The molecule has 0 fully saturated rings. The molecular weight excluding hydrogens is 96.0 g/mol. The lowest BCUT2D eigenvalue weighted by molar-refractivity contribution is 0.353. The molecule has 0 aromatic heterocycles. The van der Waals surface area contributed by atoms with Crippen molar-refractivity contribution in [3.63, 3.8) is 0 Å². The Morgan fingerprint density at radius 1 is 1.71 bits per heavy atom. The molecule has 0 bridgehead atoms. The van der Waals surface area contributed by atoms with Gasteiger partial charge >= 0.3 is 0 Å². The van der Waals surface area contributed by atoms with E-state index in [0.29, 0.717) is 5.84 Å². The van der Waals surface area contributed by atoms with Gasteiger partial charge in [0.2, 0.25) is 0 Å².